The molecule has 0 spiro atoms. The van der Waals surface area contributed by atoms with Crippen molar-refractivity contribution in [3.8, 4) is 0 Å². The minimum atomic E-state index is -0.972. The molecule has 3 heterocycles. The van der Waals surface area contributed by atoms with Crippen LogP contribution in [0.1, 0.15) is 36.2 Å². The Kier molecular flexibility index (Phi) is 6.48. The summed E-state index contributed by atoms with van der Waals surface area (Å²) in [6.45, 7) is 2.07. The smallest absolute Gasteiger partial charge is 0.321 e. The number of para-hydroxylation sites is 2. The maximum absolute atomic E-state index is 11.2. The largest absolute Gasteiger partial charge is 0.480 e. The summed E-state index contributed by atoms with van der Waals surface area (Å²) in [6.07, 6.45) is 3.58. The van der Waals surface area contributed by atoms with Crippen LogP contribution in [0.5, 0.6) is 0 Å². The predicted molar refractivity (Wildman–Crippen MR) is 127 cm³/mol. The molecule has 1 aliphatic heterocycles. The number of nitrogens with two attached hydrogens (primary N) is 1. The van der Waals surface area contributed by atoms with Crippen molar-refractivity contribution < 1.29 is 19.8 Å². The number of hydrogen-bond acceptors (Lipinski definition) is 4. The molecule has 0 saturated heterocycles. The van der Waals surface area contributed by atoms with Gasteiger partial charge in [0.05, 0.1) is 0 Å². The quantitative estimate of drug-likeness (QED) is 0.276. The molecular weight excluding hydrogens is 420 g/mol. The van der Waals surface area contributed by atoms with E-state index in [0.29, 0.717) is 12.8 Å². The molecule has 0 aliphatic carbocycles. The van der Waals surface area contributed by atoms with E-state index in [1.165, 1.54) is 0 Å². The molecule has 1 aliphatic rings. The normalized spacial score (nSPS) is 18.4. The molecule has 8 heteroatoms. The Bertz CT molecular complexity index is 1290. The number of aromatic nitrogens is 2. The molecule has 0 radical (unpaired) electrons. The number of carboxylic acid groups (broad SMARTS) is 2. The van der Waals surface area contributed by atoms with E-state index in [1.54, 1.807) is 0 Å². The fraction of sp³-hybridized carbons (Fsp3) is 0.280. The van der Waals surface area contributed by atoms with Crippen molar-refractivity contribution in [2.75, 3.05) is 0 Å². The van der Waals surface area contributed by atoms with Crippen molar-refractivity contribution >= 4 is 33.7 Å². The van der Waals surface area contributed by atoms with E-state index < -0.39 is 24.0 Å². The monoisotopic (exact) mass is 448 g/mol. The van der Waals surface area contributed by atoms with Gasteiger partial charge in [-0.05, 0) is 29.7 Å². The number of H-pyrrole nitrogens is 2. The van der Waals surface area contributed by atoms with E-state index in [-0.39, 0.29) is 6.04 Å². The number of benzene rings is 2. The van der Waals surface area contributed by atoms with Gasteiger partial charge in [0.25, 0.3) is 0 Å². The third-order valence-electron chi connectivity index (χ3n) is 6.14. The van der Waals surface area contributed by atoms with Crippen molar-refractivity contribution in [3.63, 3.8) is 0 Å². The first-order valence-corrected chi connectivity index (χ1v) is 11.0. The second-order valence-electron chi connectivity index (χ2n) is 8.29. The van der Waals surface area contributed by atoms with E-state index in [4.69, 9.17) is 10.8 Å². The Morgan fingerprint density at radius 3 is 2.39 bits per heavy atom. The first-order chi connectivity index (χ1) is 15.9. The molecule has 2 aromatic carbocycles. The molecule has 5 rings (SSSR count). The van der Waals surface area contributed by atoms with E-state index in [2.05, 4.69) is 28.3 Å². The number of fused-ring (bicyclic) bond motifs is 4. The van der Waals surface area contributed by atoms with Gasteiger partial charge in [-0.25, -0.2) is 0 Å². The standard InChI is InChI=1S/C14H16N2O2.C11H12N2O2/c1-2-10-13-9(7-12(15-10)14(17)18)8-5-3-4-6-11(8)16-13;12-9(11(14)15)5-7-6-13-10-4-2-1-3-8(7)10/h3-6,10,12,15-16H,2,7H2,1H3,(H,17,18);1-4,6,9,13H,5,12H2,(H,14,15)/t;9-/m.0/s1. The van der Waals surface area contributed by atoms with Crippen molar-refractivity contribution in [3.05, 3.63) is 71.5 Å². The molecular formula is C25H28N4O4. The van der Waals surface area contributed by atoms with Gasteiger partial charge < -0.3 is 25.9 Å². The average Bonchev–Trinajstić information content (AvgIpc) is 3.40. The number of hydrogen-bond donors (Lipinski definition) is 6. The maximum Gasteiger partial charge on any atom is 0.321 e. The molecule has 0 saturated carbocycles. The van der Waals surface area contributed by atoms with E-state index in [0.717, 1.165) is 45.0 Å². The summed E-state index contributed by atoms with van der Waals surface area (Å²) in [5.74, 6) is -1.75. The van der Waals surface area contributed by atoms with Crippen molar-refractivity contribution in [1.82, 2.24) is 15.3 Å². The average molecular weight is 449 g/mol. The van der Waals surface area contributed by atoms with Crippen molar-refractivity contribution in [1.29, 1.82) is 0 Å². The lowest BCUT2D eigenvalue weighted by molar-refractivity contribution is -0.140. The number of aromatic amines is 2. The van der Waals surface area contributed by atoms with Gasteiger partial charge in [0.15, 0.2) is 0 Å². The lowest BCUT2D eigenvalue weighted by atomic mass is 9.93. The number of carbonyl (C=O) groups is 2. The predicted octanol–water partition coefficient (Wildman–Crippen LogP) is 3.34. The number of aliphatic carboxylic acids is 2. The summed E-state index contributed by atoms with van der Waals surface area (Å²) in [6, 6.07) is 14.6. The molecule has 4 aromatic rings. The zero-order valence-corrected chi connectivity index (χ0v) is 18.3. The van der Waals surface area contributed by atoms with Gasteiger partial charge >= 0.3 is 11.9 Å². The third kappa shape index (κ3) is 4.62. The van der Waals surface area contributed by atoms with Crippen LogP contribution in [-0.2, 0) is 22.4 Å². The van der Waals surface area contributed by atoms with Crippen LogP contribution >= 0.6 is 0 Å². The van der Waals surface area contributed by atoms with Gasteiger partial charge in [-0.2, -0.15) is 0 Å². The van der Waals surface area contributed by atoms with Gasteiger partial charge in [-0.15, -0.1) is 0 Å². The molecule has 0 bridgehead atoms. The summed E-state index contributed by atoms with van der Waals surface area (Å²) in [7, 11) is 0. The van der Waals surface area contributed by atoms with Gasteiger partial charge in [0.2, 0.25) is 0 Å². The summed E-state index contributed by atoms with van der Waals surface area (Å²) >= 11 is 0. The number of carboxylic acids is 2. The topological polar surface area (TPSA) is 144 Å². The Morgan fingerprint density at radius 1 is 1.06 bits per heavy atom. The first-order valence-electron chi connectivity index (χ1n) is 11.0. The maximum atomic E-state index is 11.2. The highest BCUT2D eigenvalue weighted by Crippen LogP contribution is 2.33. The highest BCUT2D eigenvalue weighted by molar-refractivity contribution is 5.87. The van der Waals surface area contributed by atoms with E-state index in [9.17, 15) is 14.7 Å². The second kappa shape index (κ2) is 9.48. The van der Waals surface area contributed by atoms with Crippen LogP contribution in [0.15, 0.2) is 54.7 Å². The number of nitrogens with one attached hydrogen (secondary N) is 3. The molecule has 3 atom stereocenters. The summed E-state index contributed by atoms with van der Waals surface area (Å²) in [5.41, 5.74) is 10.8. The van der Waals surface area contributed by atoms with Crippen LogP contribution < -0.4 is 11.1 Å². The van der Waals surface area contributed by atoms with Crippen molar-refractivity contribution in [2.24, 2.45) is 5.73 Å². The highest BCUT2D eigenvalue weighted by atomic mass is 16.4. The molecule has 0 fully saturated rings. The minimum Gasteiger partial charge on any atom is -0.480 e. The lowest BCUT2D eigenvalue weighted by Gasteiger charge is -2.28. The molecule has 2 unspecified atom stereocenters. The van der Waals surface area contributed by atoms with Crippen LogP contribution in [0.4, 0.5) is 0 Å². The fourth-order valence-corrected chi connectivity index (χ4v) is 4.43. The lowest BCUT2D eigenvalue weighted by Crippen LogP contribution is -2.44. The molecule has 0 amide bonds. The second-order valence-corrected chi connectivity index (χ2v) is 8.29. The van der Waals surface area contributed by atoms with Crippen LogP contribution in [0.25, 0.3) is 21.8 Å². The summed E-state index contributed by atoms with van der Waals surface area (Å²) in [4.78, 5) is 28.3. The first kappa shape index (κ1) is 22.6. The molecule has 8 nitrogen and oxygen atoms in total. The van der Waals surface area contributed by atoms with Crippen molar-refractivity contribution in [2.45, 2.75) is 44.3 Å². The Labute approximate surface area is 190 Å². The van der Waals surface area contributed by atoms with Crippen LogP contribution in [0.2, 0.25) is 0 Å². The molecule has 2 aromatic heterocycles. The Balaban J connectivity index is 0.000000160. The highest BCUT2D eigenvalue weighted by Gasteiger charge is 2.31. The summed E-state index contributed by atoms with van der Waals surface area (Å²) < 4.78 is 0. The Morgan fingerprint density at radius 2 is 1.73 bits per heavy atom. The van der Waals surface area contributed by atoms with E-state index >= 15 is 0 Å². The van der Waals surface area contributed by atoms with Gasteiger partial charge in [0, 0.05) is 52.6 Å². The summed E-state index contributed by atoms with van der Waals surface area (Å²) in [5, 5.41) is 23.3. The SMILES string of the molecule is CCC1NC(C(=O)O)Cc2c1[nH]c1ccccc21.N[C@@H](Cc1c[nH]c2ccccc12)C(=O)O. The van der Waals surface area contributed by atoms with E-state index in [1.807, 2.05) is 48.7 Å². The zero-order chi connectivity index (χ0) is 23.5. The zero-order valence-electron chi connectivity index (χ0n) is 18.3. The fourth-order valence-electron chi connectivity index (χ4n) is 4.43. The molecule has 33 heavy (non-hydrogen) atoms. The molecule has 7 N–H and O–H groups in total. The minimum absolute atomic E-state index is 0.0993. The van der Waals surface area contributed by atoms with Crippen LogP contribution in [0, 0.1) is 0 Å². The van der Waals surface area contributed by atoms with Crippen LogP contribution in [-0.4, -0.2) is 44.2 Å². The van der Waals surface area contributed by atoms with Gasteiger partial charge in [0.1, 0.15) is 12.1 Å². The molecule has 172 valence electrons. The van der Waals surface area contributed by atoms with Gasteiger partial charge in [-0.1, -0.05) is 43.3 Å². The Hall–Kier alpha value is -3.62. The number of rotatable bonds is 5. The van der Waals surface area contributed by atoms with Crippen LogP contribution in [0.3, 0.4) is 0 Å². The van der Waals surface area contributed by atoms with Gasteiger partial charge in [-0.3, -0.25) is 14.9 Å². The third-order valence-corrected chi connectivity index (χ3v) is 6.14.